The third-order valence-electron chi connectivity index (χ3n) is 6.45. The zero-order chi connectivity index (χ0) is 23.5. The van der Waals surface area contributed by atoms with Crippen LogP contribution < -0.4 is 10.6 Å². The molecule has 4 N–H and O–H groups in total. The normalized spacial score (nSPS) is 14.2. The number of H-pyrrole nitrogens is 2. The summed E-state index contributed by atoms with van der Waals surface area (Å²) in [5.41, 5.74) is 13.0. The van der Waals surface area contributed by atoms with Crippen LogP contribution in [0.4, 0.5) is 5.82 Å². The zero-order valence-electron chi connectivity index (χ0n) is 19.0. The van der Waals surface area contributed by atoms with Crippen LogP contribution in [-0.4, -0.2) is 58.8 Å². The molecule has 0 saturated carbocycles. The van der Waals surface area contributed by atoms with E-state index in [1.807, 2.05) is 36.1 Å². The van der Waals surface area contributed by atoms with Gasteiger partial charge < -0.3 is 20.2 Å². The molecule has 0 unspecified atom stereocenters. The molecule has 7 rings (SSSR count). The highest BCUT2D eigenvalue weighted by Gasteiger charge is 2.25. The Morgan fingerprint density at radius 2 is 1.91 bits per heavy atom. The summed E-state index contributed by atoms with van der Waals surface area (Å²) in [7, 11) is 0. The molecule has 6 heterocycles. The van der Waals surface area contributed by atoms with E-state index >= 15 is 0 Å². The van der Waals surface area contributed by atoms with Crippen LogP contribution in [-0.2, 0) is 0 Å². The van der Waals surface area contributed by atoms with Crippen LogP contribution in [0.5, 0.6) is 0 Å². The summed E-state index contributed by atoms with van der Waals surface area (Å²) < 4.78 is 2.04. The molecular weight excluding hydrogens is 440 g/mol. The zero-order valence-corrected chi connectivity index (χ0v) is 19.0. The lowest BCUT2D eigenvalue weighted by molar-refractivity contribution is 0.514. The van der Waals surface area contributed by atoms with E-state index in [0.717, 1.165) is 69.2 Å². The molecule has 0 radical (unpaired) electrons. The second-order valence-electron chi connectivity index (χ2n) is 8.96. The first-order valence-electron chi connectivity index (χ1n) is 11.4. The molecule has 6 aromatic rings. The van der Waals surface area contributed by atoms with Crippen molar-refractivity contribution in [3.63, 3.8) is 0 Å². The SMILES string of the molecule is Cc1cn(-c2cccc3[nH]c(-c4n[nH]c5cnc(-c6cncc(N7CC(N)C7)n6)cc45)cc23)cn1. The maximum absolute atomic E-state index is 5.93. The van der Waals surface area contributed by atoms with Gasteiger partial charge in [0.05, 0.1) is 53.2 Å². The highest BCUT2D eigenvalue weighted by molar-refractivity contribution is 5.98. The van der Waals surface area contributed by atoms with Crippen LogP contribution in [0.25, 0.3) is 50.3 Å². The minimum absolute atomic E-state index is 0.193. The molecule has 1 aliphatic rings. The standard InChI is InChI=1S/C25H22N10/c1-14-10-35(13-29-14)23-4-2-3-18-16(23)5-20(30-18)25-17-6-19(28-8-21(17)32-33-25)22-7-27-9-24(31-22)34-11-15(26)12-34/h2-10,13,15,30H,11-12,26H2,1H3,(H,32,33). The highest BCUT2D eigenvalue weighted by Crippen LogP contribution is 2.32. The predicted molar refractivity (Wildman–Crippen MR) is 134 cm³/mol. The van der Waals surface area contributed by atoms with Crippen LogP contribution >= 0.6 is 0 Å². The molecule has 1 saturated heterocycles. The number of nitrogens with zero attached hydrogens (tertiary/aromatic N) is 7. The Labute approximate surface area is 199 Å². The van der Waals surface area contributed by atoms with Crippen molar-refractivity contribution in [3.8, 4) is 28.5 Å². The quantitative estimate of drug-likeness (QED) is 0.367. The molecule has 1 aromatic carbocycles. The first kappa shape index (κ1) is 19.9. The summed E-state index contributed by atoms with van der Waals surface area (Å²) >= 11 is 0. The fourth-order valence-corrected chi connectivity index (χ4v) is 4.64. The molecule has 0 bridgehead atoms. The van der Waals surface area contributed by atoms with E-state index in [4.69, 9.17) is 10.7 Å². The number of fused-ring (bicyclic) bond motifs is 2. The number of aromatic amines is 2. The Kier molecular flexibility index (Phi) is 4.24. The summed E-state index contributed by atoms with van der Waals surface area (Å²) in [5.74, 6) is 0.816. The Morgan fingerprint density at radius 3 is 2.74 bits per heavy atom. The van der Waals surface area contributed by atoms with Gasteiger partial charge in [0.2, 0.25) is 0 Å². The highest BCUT2D eigenvalue weighted by atomic mass is 15.3. The summed E-state index contributed by atoms with van der Waals surface area (Å²) in [6, 6.07) is 10.5. The van der Waals surface area contributed by atoms with E-state index in [0.29, 0.717) is 5.69 Å². The van der Waals surface area contributed by atoms with Gasteiger partial charge in [-0.15, -0.1) is 0 Å². The maximum atomic E-state index is 5.93. The van der Waals surface area contributed by atoms with Gasteiger partial charge in [-0.05, 0) is 31.2 Å². The van der Waals surface area contributed by atoms with E-state index in [1.165, 1.54) is 0 Å². The molecule has 1 fully saturated rings. The number of nitrogens with two attached hydrogens (primary N) is 1. The molecule has 10 heteroatoms. The number of hydrogen-bond donors (Lipinski definition) is 3. The van der Waals surface area contributed by atoms with Gasteiger partial charge in [-0.1, -0.05) is 6.07 Å². The summed E-state index contributed by atoms with van der Waals surface area (Å²) in [6.45, 7) is 3.56. The largest absolute Gasteiger partial charge is 0.353 e. The summed E-state index contributed by atoms with van der Waals surface area (Å²) in [6.07, 6.45) is 9.14. The topological polar surface area (TPSA) is 130 Å². The van der Waals surface area contributed by atoms with Crippen molar-refractivity contribution in [3.05, 3.63) is 67.1 Å². The van der Waals surface area contributed by atoms with Crippen molar-refractivity contribution in [1.82, 2.24) is 39.7 Å². The third kappa shape index (κ3) is 3.26. The Bertz CT molecular complexity index is 1700. The second-order valence-corrected chi connectivity index (χ2v) is 8.96. The summed E-state index contributed by atoms with van der Waals surface area (Å²) in [5, 5.41) is 9.76. The fraction of sp³-hybridized carbons (Fsp3) is 0.160. The molecule has 0 aliphatic carbocycles. The molecular formula is C25H22N10. The van der Waals surface area contributed by atoms with Crippen LogP contribution in [0.3, 0.4) is 0 Å². The molecule has 35 heavy (non-hydrogen) atoms. The number of pyridine rings is 1. The van der Waals surface area contributed by atoms with Crippen molar-refractivity contribution in [2.75, 3.05) is 18.0 Å². The lowest BCUT2D eigenvalue weighted by Gasteiger charge is -2.37. The van der Waals surface area contributed by atoms with Crippen molar-refractivity contribution in [2.45, 2.75) is 13.0 Å². The van der Waals surface area contributed by atoms with Gasteiger partial charge in [0, 0.05) is 41.6 Å². The number of imidazole rings is 1. The van der Waals surface area contributed by atoms with E-state index in [9.17, 15) is 0 Å². The molecule has 5 aromatic heterocycles. The van der Waals surface area contributed by atoms with Gasteiger partial charge >= 0.3 is 0 Å². The van der Waals surface area contributed by atoms with Gasteiger partial charge in [-0.3, -0.25) is 15.1 Å². The van der Waals surface area contributed by atoms with E-state index in [2.05, 4.69) is 53.2 Å². The molecule has 0 atom stereocenters. The van der Waals surface area contributed by atoms with E-state index < -0.39 is 0 Å². The minimum Gasteiger partial charge on any atom is -0.353 e. The second kappa shape index (κ2) is 7.47. The van der Waals surface area contributed by atoms with Crippen molar-refractivity contribution in [1.29, 1.82) is 0 Å². The number of aryl methyl sites for hydroxylation is 1. The fourth-order valence-electron chi connectivity index (χ4n) is 4.64. The van der Waals surface area contributed by atoms with E-state index in [1.54, 1.807) is 18.6 Å². The molecule has 0 spiro atoms. The van der Waals surface area contributed by atoms with Gasteiger partial charge in [0.15, 0.2) is 0 Å². The van der Waals surface area contributed by atoms with Crippen LogP contribution in [0.2, 0.25) is 0 Å². The molecule has 172 valence electrons. The predicted octanol–water partition coefficient (Wildman–Crippen LogP) is 3.20. The monoisotopic (exact) mass is 462 g/mol. The Morgan fingerprint density at radius 1 is 1.00 bits per heavy atom. The number of aromatic nitrogens is 8. The first-order valence-corrected chi connectivity index (χ1v) is 11.4. The maximum Gasteiger partial charge on any atom is 0.147 e. The van der Waals surface area contributed by atoms with Gasteiger partial charge in [-0.25, -0.2) is 9.97 Å². The number of rotatable bonds is 4. The van der Waals surface area contributed by atoms with Crippen LogP contribution in [0.15, 0.2) is 61.4 Å². The third-order valence-corrected chi connectivity index (χ3v) is 6.45. The first-order chi connectivity index (χ1) is 17.1. The van der Waals surface area contributed by atoms with Gasteiger partial charge in [0.25, 0.3) is 0 Å². The van der Waals surface area contributed by atoms with Crippen LogP contribution in [0, 0.1) is 6.92 Å². The lowest BCUT2D eigenvalue weighted by Crippen LogP contribution is -2.56. The number of anilines is 1. The average Bonchev–Trinajstić information content (AvgIpc) is 3.59. The van der Waals surface area contributed by atoms with Gasteiger partial charge in [-0.2, -0.15) is 5.10 Å². The molecule has 10 nitrogen and oxygen atoms in total. The Hall–Kier alpha value is -4.57. The minimum atomic E-state index is 0.193. The van der Waals surface area contributed by atoms with Gasteiger partial charge in [0.1, 0.15) is 17.2 Å². The number of benzene rings is 1. The lowest BCUT2D eigenvalue weighted by atomic mass is 10.1. The Balaban J connectivity index is 1.31. The number of nitrogens with one attached hydrogen (secondary N) is 2. The van der Waals surface area contributed by atoms with Crippen molar-refractivity contribution >= 4 is 27.6 Å². The summed E-state index contributed by atoms with van der Waals surface area (Å²) in [4.78, 5) is 23.8. The van der Waals surface area contributed by atoms with Crippen molar-refractivity contribution < 1.29 is 0 Å². The molecule has 1 aliphatic heterocycles. The number of hydrogen-bond acceptors (Lipinski definition) is 7. The van der Waals surface area contributed by atoms with E-state index in [-0.39, 0.29) is 6.04 Å². The molecule has 0 amide bonds. The smallest absolute Gasteiger partial charge is 0.147 e. The average molecular weight is 463 g/mol. The van der Waals surface area contributed by atoms with Crippen LogP contribution in [0.1, 0.15) is 5.69 Å². The van der Waals surface area contributed by atoms with Crippen molar-refractivity contribution in [2.24, 2.45) is 5.73 Å².